The highest BCUT2D eigenvalue weighted by molar-refractivity contribution is 9.10. The minimum Gasteiger partial charge on any atom is -0.345 e. The van der Waals surface area contributed by atoms with Crippen LogP contribution in [0.4, 0.5) is 0 Å². The largest absolute Gasteiger partial charge is 0.345 e. The van der Waals surface area contributed by atoms with Gasteiger partial charge in [-0.25, -0.2) is 13.4 Å². The van der Waals surface area contributed by atoms with Crippen LogP contribution in [0.1, 0.15) is 30.0 Å². The topological polar surface area (TPSA) is 76.1 Å². The maximum absolute atomic E-state index is 12.1. The second-order valence-corrected chi connectivity index (χ2v) is 8.66. The van der Waals surface area contributed by atoms with E-state index >= 15 is 0 Å². The lowest BCUT2D eigenvalue weighted by atomic mass is 10.0. The fourth-order valence-corrected chi connectivity index (χ4v) is 3.94. The summed E-state index contributed by atoms with van der Waals surface area (Å²) < 4.78 is 22.9. The Morgan fingerprint density at radius 3 is 2.63 bits per heavy atom. The maximum atomic E-state index is 12.1. The molecule has 1 aliphatic rings. The van der Waals surface area contributed by atoms with Gasteiger partial charge in [0.2, 0.25) is 0 Å². The lowest BCUT2D eigenvalue weighted by Crippen LogP contribution is -2.66. The summed E-state index contributed by atoms with van der Waals surface area (Å²) >= 11 is 3.27. The van der Waals surface area contributed by atoms with Crippen molar-refractivity contribution in [3.63, 3.8) is 0 Å². The number of hydrogen-bond donors (Lipinski definition) is 1. The quantitative estimate of drug-likeness (QED) is 0.879. The third kappa shape index (κ3) is 2.41. The van der Waals surface area contributed by atoms with Gasteiger partial charge in [0.15, 0.2) is 9.84 Å². The van der Waals surface area contributed by atoms with Gasteiger partial charge in [-0.05, 0) is 48.8 Å². The molecule has 0 aliphatic carbocycles. The lowest BCUT2D eigenvalue weighted by molar-refractivity contribution is 0.0923. The molecule has 0 unspecified atom stereocenters. The van der Waals surface area contributed by atoms with E-state index in [1.807, 2.05) is 0 Å². The van der Waals surface area contributed by atoms with Gasteiger partial charge >= 0.3 is 0 Å². The molecular weight excluding hydrogens is 332 g/mol. The van der Waals surface area contributed by atoms with Crippen molar-refractivity contribution >= 4 is 31.7 Å². The number of nitrogens with zero attached hydrogens (tertiary/aromatic N) is 1. The summed E-state index contributed by atoms with van der Waals surface area (Å²) in [4.78, 5) is 16.3. The van der Waals surface area contributed by atoms with E-state index in [2.05, 4.69) is 26.2 Å². The molecule has 0 aromatic carbocycles. The first-order valence-electron chi connectivity index (χ1n) is 5.81. The van der Waals surface area contributed by atoms with Crippen molar-refractivity contribution in [2.75, 3.05) is 5.75 Å². The second-order valence-electron chi connectivity index (χ2n) is 5.19. The van der Waals surface area contributed by atoms with Gasteiger partial charge in [0.05, 0.1) is 16.5 Å². The molecule has 1 aromatic rings. The summed E-state index contributed by atoms with van der Waals surface area (Å²) in [5.41, 5.74) is 1.01. The molecule has 2 heterocycles. The van der Waals surface area contributed by atoms with Crippen molar-refractivity contribution < 1.29 is 13.2 Å². The van der Waals surface area contributed by atoms with Gasteiger partial charge in [-0.2, -0.15) is 0 Å². The molecule has 1 aromatic heterocycles. The van der Waals surface area contributed by atoms with Crippen LogP contribution in [0.5, 0.6) is 0 Å². The summed E-state index contributed by atoms with van der Waals surface area (Å²) in [6, 6.07) is 3.16. The van der Waals surface area contributed by atoms with Gasteiger partial charge < -0.3 is 5.32 Å². The highest BCUT2D eigenvalue weighted by atomic mass is 79.9. The summed E-state index contributed by atoms with van der Waals surface area (Å²) in [6.45, 7) is 5.03. The smallest absolute Gasteiger partial charge is 0.271 e. The highest BCUT2D eigenvalue weighted by Gasteiger charge is 2.54. The highest BCUT2D eigenvalue weighted by Crippen LogP contribution is 2.33. The number of aromatic nitrogens is 1. The fraction of sp³-hybridized carbons (Fsp3) is 0.500. The van der Waals surface area contributed by atoms with E-state index in [0.29, 0.717) is 4.47 Å². The fourth-order valence-electron chi connectivity index (χ4n) is 1.89. The predicted octanol–water partition coefficient (Wildman–Crippen LogP) is 1.46. The van der Waals surface area contributed by atoms with Gasteiger partial charge in [0.25, 0.3) is 5.91 Å². The van der Waals surface area contributed by atoms with Crippen LogP contribution < -0.4 is 5.32 Å². The first-order valence-corrected chi connectivity index (χ1v) is 8.26. The number of nitrogens with one attached hydrogen (secondary N) is 1. The molecular formula is C12H15BrN2O3S. The standard InChI is InChI=1S/C12H15BrN2O3S/c1-7-4-5-8(13)10(14-7)11(16)15-9-6-19(17,18)12(9,2)3/h4-5,9H,6H2,1-3H3,(H,15,16)/t9-/m0/s1. The number of carbonyl (C=O) groups excluding carboxylic acids is 1. The van der Waals surface area contributed by atoms with E-state index in [4.69, 9.17) is 0 Å². The van der Waals surface area contributed by atoms with E-state index in [-0.39, 0.29) is 23.4 Å². The van der Waals surface area contributed by atoms with E-state index in [1.54, 1.807) is 32.9 Å². The monoisotopic (exact) mass is 346 g/mol. The summed E-state index contributed by atoms with van der Waals surface area (Å²) in [7, 11) is -3.10. The average molecular weight is 347 g/mol. The van der Waals surface area contributed by atoms with Crippen molar-refractivity contribution in [3.8, 4) is 0 Å². The number of rotatable bonds is 2. The summed E-state index contributed by atoms with van der Waals surface area (Å²) in [5, 5.41) is 2.74. The molecule has 5 nitrogen and oxygen atoms in total. The molecule has 1 fully saturated rings. The first kappa shape index (κ1) is 14.5. The number of sulfone groups is 1. The summed E-state index contributed by atoms with van der Waals surface area (Å²) in [6.07, 6.45) is 0. The zero-order valence-electron chi connectivity index (χ0n) is 10.9. The lowest BCUT2D eigenvalue weighted by Gasteiger charge is -2.43. The van der Waals surface area contributed by atoms with Crippen LogP contribution in [0, 0.1) is 6.92 Å². The molecule has 1 atom stereocenters. The minimum absolute atomic E-state index is 0.0187. The minimum atomic E-state index is -3.10. The van der Waals surface area contributed by atoms with E-state index in [9.17, 15) is 13.2 Å². The summed E-state index contributed by atoms with van der Waals surface area (Å²) in [5.74, 6) is -0.376. The zero-order valence-corrected chi connectivity index (χ0v) is 13.3. The Labute approximate surface area is 120 Å². The Morgan fingerprint density at radius 2 is 2.11 bits per heavy atom. The number of hydrogen-bond acceptors (Lipinski definition) is 4. The third-order valence-electron chi connectivity index (χ3n) is 3.53. The molecule has 104 valence electrons. The molecule has 1 N–H and O–H groups in total. The maximum Gasteiger partial charge on any atom is 0.271 e. The van der Waals surface area contributed by atoms with Gasteiger partial charge in [0.1, 0.15) is 5.69 Å². The molecule has 0 saturated carbocycles. The van der Waals surface area contributed by atoms with Gasteiger partial charge in [-0.1, -0.05) is 0 Å². The van der Waals surface area contributed by atoms with Crippen molar-refractivity contribution in [1.82, 2.24) is 10.3 Å². The van der Waals surface area contributed by atoms with Crippen molar-refractivity contribution in [2.24, 2.45) is 0 Å². The van der Waals surface area contributed by atoms with E-state index in [1.165, 1.54) is 0 Å². The number of aryl methyl sites for hydroxylation is 1. The molecule has 0 spiro atoms. The van der Waals surface area contributed by atoms with Gasteiger partial charge in [-0.15, -0.1) is 0 Å². The number of amides is 1. The molecule has 1 aliphatic heterocycles. The molecule has 2 rings (SSSR count). The van der Waals surface area contributed by atoms with Crippen LogP contribution in [0.15, 0.2) is 16.6 Å². The van der Waals surface area contributed by atoms with E-state index < -0.39 is 14.6 Å². The van der Waals surface area contributed by atoms with E-state index in [0.717, 1.165) is 5.69 Å². The van der Waals surface area contributed by atoms with Crippen LogP contribution in [0.25, 0.3) is 0 Å². The predicted molar refractivity (Wildman–Crippen MR) is 75.8 cm³/mol. The first-order chi connectivity index (χ1) is 8.65. The number of pyridine rings is 1. The van der Waals surface area contributed by atoms with Crippen LogP contribution in [0.3, 0.4) is 0 Å². The van der Waals surface area contributed by atoms with Crippen molar-refractivity contribution in [2.45, 2.75) is 31.6 Å². The Kier molecular flexibility index (Phi) is 3.47. The molecule has 0 bridgehead atoms. The molecule has 1 amide bonds. The van der Waals surface area contributed by atoms with Crippen LogP contribution in [0.2, 0.25) is 0 Å². The molecule has 19 heavy (non-hydrogen) atoms. The zero-order chi connectivity index (χ0) is 14.4. The van der Waals surface area contributed by atoms with Crippen LogP contribution >= 0.6 is 15.9 Å². The van der Waals surface area contributed by atoms with Crippen LogP contribution in [-0.4, -0.2) is 35.9 Å². The second kappa shape index (κ2) is 4.56. The average Bonchev–Trinajstić information content (AvgIpc) is 2.31. The van der Waals surface area contributed by atoms with Gasteiger partial charge in [0, 0.05) is 10.2 Å². The van der Waals surface area contributed by atoms with Gasteiger partial charge in [-0.3, -0.25) is 4.79 Å². The molecule has 1 saturated heterocycles. The van der Waals surface area contributed by atoms with Crippen molar-refractivity contribution in [3.05, 3.63) is 28.0 Å². The number of halogens is 1. The Morgan fingerprint density at radius 1 is 1.47 bits per heavy atom. The Hall–Kier alpha value is -0.950. The normalized spacial score (nSPS) is 23.5. The van der Waals surface area contributed by atoms with Crippen molar-refractivity contribution in [1.29, 1.82) is 0 Å². The number of carbonyl (C=O) groups is 1. The molecule has 0 radical (unpaired) electrons. The van der Waals surface area contributed by atoms with Crippen LogP contribution in [-0.2, 0) is 9.84 Å². The SMILES string of the molecule is Cc1ccc(Br)c(C(=O)N[C@H]2CS(=O)(=O)C2(C)C)n1. The molecule has 7 heteroatoms. The Bertz CT molecular complexity index is 640. The Balaban J connectivity index is 2.18. The third-order valence-corrected chi connectivity index (χ3v) is 6.83.